The molecule has 1 heterocycles. The fourth-order valence-electron chi connectivity index (χ4n) is 1.28. The molecule has 0 saturated carbocycles. The molecule has 1 aliphatic heterocycles. The minimum absolute atomic E-state index is 0.0104. The fraction of sp³-hybridized carbons (Fsp3) is 0.0833. The van der Waals surface area contributed by atoms with Gasteiger partial charge in [0.05, 0.1) is 0 Å². The number of carbonyl (C=O) groups excluding carboxylic acids is 2. The second kappa shape index (κ2) is 5.21. The Labute approximate surface area is 109 Å². The lowest BCUT2D eigenvalue weighted by atomic mass is 10.1. The van der Waals surface area contributed by atoms with Crippen molar-refractivity contribution < 1.29 is 9.59 Å². The highest BCUT2D eigenvalue weighted by Gasteiger charge is 2.15. The third-order valence-corrected chi connectivity index (χ3v) is 2.33. The highest BCUT2D eigenvalue weighted by atomic mass is 16.2. The van der Waals surface area contributed by atoms with Gasteiger partial charge in [-0.25, -0.2) is 5.43 Å². The van der Waals surface area contributed by atoms with E-state index >= 15 is 0 Å². The average Bonchev–Trinajstić information content (AvgIpc) is 2.40. The Hall–Kier alpha value is -2.83. The van der Waals surface area contributed by atoms with Crippen LogP contribution in [0.5, 0.6) is 0 Å². The summed E-state index contributed by atoms with van der Waals surface area (Å²) in [6.45, 7) is 5.29. The largest absolute Gasteiger partial charge is 0.286 e. The summed E-state index contributed by atoms with van der Waals surface area (Å²) in [7, 11) is 0. The first-order valence-electron chi connectivity index (χ1n) is 5.43. The van der Waals surface area contributed by atoms with E-state index < -0.39 is 11.8 Å². The first-order valence-corrected chi connectivity index (χ1v) is 5.43. The van der Waals surface area contributed by atoms with Crippen LogP contribution in [0.4, 0.5) is 0 Å². The quantitative estimate of drug-likeness (QED) is 0.612. The third kappa shape index (κ3) is 3.09. The molecule has 2 N–H and O–H groups in total. The highest BCUT2D eigenvalue weighted by molar-refractivity contribution is 6.07. The van der Waals surface area contributed by atoms with Crippen LogP contribution >= 0.6 is 0 Å². The predicted octanol–water partition coefficient (Wildman–Crippen LogP) is 1.09. The summed E-state index contributed by atoms with van der Waals surface area (Å²) in [6.07, 6.45) is 0. The van der Waals surface area contributed by atoms with Crippen molar-refractivity contribution in [2.75, 3.05) is 0 Å². The smallest absolute Gasteiger partial charge is 0.277 e. The maximum absolute atomic E-state index is 11.7. The molecule has 0 radical (unpaired) electrons. The first kappa shape index (κ1) is 12.6. The topological polar surface area (TPSA) is 95.3 Å². The Bertz CT molecular complexity index is 601. The van der Waals surface area contributed by atoms with Crippen LogP contribution in [0.2, 0.25) is 0 Å². The van der Waals surface area contributed by atoms with E-state index in [1.807, 2.05) is 19.1 Å². The van der Waals surface area contributed by atoms with E-state index in [-0.39, 0.29) is 11.7 Å². The summed E-state index contributed by atoms with van der Waals surface area (Å²) >= 11 is 0. The molecule has 1 aromatic rings. The van der Waals surface area contributed by atoms with Crippen LogP contribution in [0.15, 0.2) is 51.9 Å². The molecule has 0 aromatic heterocycles. The minimum atomic E-state index is -0.502. The van der Waals surface area contributed by atoms with Crippen molar-refractivity contribution in [3.63, 3.8) is 0 Å². The van der Waals surface area contributed by atoms with Gasteiger partial charge >= 0.3 is 0 Å². The molecule has 7 nitrogen and oxygen atoms in total. The molecule has 1 aromatic carbocycles. The van der Waals surface area contributed by atoms with Crippen LogP contribution in [-0.4, -0.2) is 17.8 Å². The van der Waals surface area contributed by atoms with Gasteiger partial charge in [0.1, 0.15) is 5.70 Å². The van der Waals surface area contributed by atoms with Crippen LogP contribution in [0, 0.1) is 6.92 Å². The van der Waals surface area contributed by atoms with Crippen molar-refractivity contribution in [3.8, 4) is 0 Å². The lowest BCUT2D eigenvalue weighted by Crippen LogP contribution is -2.34. The number of nitrogens with one attached hydrogen (secondary N) is 2. The molecule has 1 aliphatic rings. The van der Waals surface area contributed by atoms with E-state index in [0.717, 1.165) is 5.56 Å². The maximum Gasteiger partial charge on any atom is 0.277 e. The Morgan fingerprint density at radius 3 is 2.63 bits per heavy atom. The molecular formula is C12H11N5O2. The molecule has 7 heteroatoms. The van der Waals surface area contributed by atoms with Crippen molar-refractivity contribution in [2.45, 2.75) is 6.92 Å². The van der Waals surface area contributed by atoms with E-state index in [1.54, 1.807) is 12.1 Å². The number of hydrazone groups is 1. The second-order valence-electron chi connectivity index (χ2n) is 3.84. The van der Waals surface area contributed by atoms with Gasteiger partial charge in [-0.15, -0.1) is 15.3 Å². The third-order valence-electron chi connectivity index (χ3n) is 2.33. The molecule has 0 atom stereocenters. The molecule has 19 heavy (non-hydrogen) atoms. The van der Waals surface area contributed by atoms with Crippen molar-refractivity contribution in [2.24, 2.45) is 15.3 Å². The molecule has 96 valence electrons. The van der Waals surface area contributed by atoms with E-state index in [0.29, 0.717) is 5.56 Å². The normalized spacial score (nSPS) is 16.4. The standard InChI is InChI=1S/C12H11N5O2/c1-7-3-5-9(6-4-7)11(19)15-17-12-13-10(18)8(2)14-16-12/h3-6H,2H2,1H3,(H,15,19)(H,13,17,18). The van der Waals surface area contributed by atoms with Crippen molar-refractivity contribution in [3.05, 3.63) is 47.7 Å². The Balaban J connectivity index is 2.04. The molecule has 2 amide bonds. The summed E-state index contributed by atoms with van der Waals surface area (Å²) in [4.78, 5) is 22.9. The molecule has 2 rings (SSSR count). The average molecular weight is 257 g/mol. The molecular weight excluding hydrogens is 246 g/mol. The summed E-state index contributed by atoms with van der Waals surface area (Å²) in [5, 5.41) is 13.0. The van der Waals surface area contributed by atoms with Crippen LogP contribution in [0.3, 0.4) is 0 Å². The van der Waals surface area contributed by atoms with Gasteiger partial charge in [-0.1, -0.05) is 24.3 Å². The van der Waals surface area contributed by atoms with Gasteiger partial charge < -0.3 is 0 Å². The lowest BCUT2D eigenvalue weighted by molar-refractivity contribution is -0.116. The molecule has 0 fully saturated rings. The van der Waals surface area contributed by atoms with E-state index in [1.165, 1.54) is 0 Å². The Morgan fingerprint density at radius 1 is 1.32 bits per heavy atom. The fourth-order valence-corrected chi connectivity index (χ4v) is 1.28. The van der Waals surface area contributed by atoms with Gasteiger partial charge in [0.2, 0.25) is 0 Å². The van der Waals surface area contributed by atoms with Crippen LogP contribution in [0.25, 0.3) is 0 Å². The van der Waals surface area contributed by atoms with Crippen molar-refractivity contribution >= 4 is 17.8 Å². The number of benzene rings is 1. The zero-order valence-corrected chi connectivity index (χ0v) is 10.2. The highest BCUT2D eigenvalue weighted by Crippen LogP contribution is 2.03. The van der Waals surface area contributed by atoms with Gasteiger partial charge in [0, 0.05) is 5.56 Å². The van der Waals surface area contributed by atoms with Crippen LogP contribution in [0.1, 0.15) is 15.9 Å². The number of hydrogen-bond acceptors (Lipinski definition) is 4. The Kier molecular flexibility index (Phi) is 3.46. The van der Waals surface area contributed by atoms with E-state index in [4.69, 9.17) is 0 Å². The Morgan fingerprint density at radius 2 is 2.00 bits per heavy atom. The number of azo groups is 1. The number of amides is 2. The predicted molar refractivity (Wildman–Crippen MR) is 68.2 cm³/mol. The van der Waals surface area contributed by atoms with Crippen LogP contribution in [-0.2, 0) is 4.79 Å². The van der Waals surface area contributed by atoms with Crippen LogP contribution < -0.4 is 10.7 Å². The van der Waals surface area contributed by atoms with Gasteiger partial charge in [-0.2, -0.15) is 0 Å². The number of rotatable bonds is 2. The lowest BCUT2D eigenvalue weighted by Gasteiger charge is -2.07. The zero-order valence-electron chi connectivity index (χ0n) is 10.2. The summed E-state index contributed by atoms with van der Waals surface area (Å²) < 4.78 is 0. The monoisotopic (exact) mass is 257 g/mol. The van der Waals surface area contributed by atoms with E-state index in [9.17, 15) is 9.59 Å². The van der Waals surface area contributed by atoms with Crippen molar-refractivity contribution in [1.82, 2.24) is 10.7 Å². The second-order valence-corrected chi connectivity index (χ2v) is 3.84. The molecule has 0 saturated heterocycles. The first-order chi connectivity index (χ1) is 9.06. The number of carbonyl (C=O) groups is 2. The molecule has 0 aliphatic carbocycles. The summed E-state index contributed by atoms with van der Waals surface area (Å²) in [5.74, 6) is -0.988. The van der Waals surface area contributed by atoms with E-state index in [2.05, 4.69) is 32.7 Å². The van der Waals surface area contributed by atoms with Gasteiger partial charge in [0.25, 0.3) is 17.8 Å². The molecule has 0 unspecified atom stereocenters. The SMILES string of the molecule is C=C1N=N/C(=N\NC(=O)c2ccc(C)cc2)NC1=O. The number of hydrogen-bond donors (Lipinski definition) is 2. The molecule has 0 bridgehead atoms. The zero-order chi connectivity index (χ0) is 13.8. The summed E-state index contributed by atoms with van der Waals surface area (Å²) in [5.41, 5.74) is 3.77. The molecule has 0 spiro atoms. The maximum atomic E-state index is 11.7. The minimum Gasteiger partial charge on any atom is -0.286 e. The number of guanidine groups is 1. The number of nitrogens with zero attached hydrogens (tertiary/aromatic N) is 3. The number of aryl methyl sites for hydroxylation is 1. The van der Waals surface area contributed by atoms with Gasteiger partial charge in [-0.3, -0.25) is 14.9 Å². The summed E-state index contributed by atoms with van der Waals surface area (Å²) in [6, 6.07) is 6.98. The van der Waals surface area contributed by atoms with Gasteiger partial charge in [0.15, 0.2) is 0 Å². The van der Waals surface area contributed by atoms with Crippen molar-refractivity contribution in [1.29, 1.82) is 0 Å². The van der Waals surface area contributed by atoms with Gasteiger partial charge in [-0.05, 0) is 19.1 Å².